The molecule has 1 aromatic heterocycles. The van der Waals surface area contributed by atoms with E-state index in [1.807, 2.05) is 31.2 Å². The van der Waals surface area contributed by atoms with Gasteiger partial charge in [0.25, 0.3) is 0 Å². The van der Waals surface area contributed by atoms with Gasteiger partial charge in [-0.15, -0.1) is 0 Å². The Labute approximate surface area is 151 Å². The summed E-state index contributed by atoms with van der Waals surface area (Å²) in [6.07, 6.45) is 2.12. The van der Waals surface area contributed by atoms with Gasteiger partial charge in [0.05, 0.1) is 23.2 Å². The number of aryl methyl sites for hydroxylation is 1. The second-order valence-electron chi connectivity index (χ2n) is 6.28. The molecular formula is C17H18ClN3O3S. The molecule has 2 heterocycles. The van der Waals surface area contributed by atoms with Gasteiger partial charge in [0.2, 0.25) is 5.91 Å². The average Bonchev–Trinajstić information content (AvgIpc) is 2.87. The first-order valence-corrected chi connectivity index (χ1v) is 10.1. The number of hydrogen-bond acceptors (Lipinski definition) is 5. The van der Waals surface area contributed by atoms with Crippen LogP contribution in [0.1, 0.15) is 24.0 Å². The zero-order chi connectivity index (χ0) is 18.0. The van der Waals surface area contributed by atoms with Crippen molar-refractivity contribution in [3.63, 3.8) is 0 Å². The quantitative estimate of drug-likeness (QED) is 0.502. The number of halogens is 1. The molecule has 1 aliphatic rings. The summed E-state index contributed by atoms with van der Waals surface area (Å²) in [4.78, 5) is 16.2. The molecule has 1 amide bonds. The lowest BCUT2D eigenvalue weighted by molar-refractivity contribution is -0.121. The van der Waals surface area contributed by atoms with E-state index in [2.05, 4.69) is 15.5 Å². The Morgan fingerprint density at radius 3 is 3.00 bits per heavy atom. The van der Waals surface area contributed by atoms with Crippen LogP contribution < -0.4 is 5.43 Å². The van der Waals surface area contributed by atoms with E-state index in [-0.39, 0.29) is 29.8 Å². The summed E-state index contributed by atoms with van der Waals surface area (Å²) < 4.78 is 22.8. The smallest absolute Gasteiger partial charge is 0.240 e. The summed E-state index contributed by atoms with van der Waals surface area (Å²) in [5.74, 6) is -0.205. The van der Waals surface area contributed by atoms with Gasteiger partial charge in [0.1, 0.15) is 5.15 Å². The van der Waals surface area contributed by atoms with Gasteiger partial charge in [-0.05, 0) is 30.9 Å². The van der Waals surface area contributed by atoms with Crippen molar-refractivity contribution in [1.29, 1.82) is 0 Å². The minimum atomic E-state index is -2.98. The molecule has 0 aliphatic carbocycles. The van der Waals surface area contributed by atoms with E-state index >= 15 is 0 Å². The van der Waals surface area contributed by atoms with Crippen molar-refractivity contribution in [2.75, 3.05) is 11.5 Å². The lowest BCUT2D eigenvalue weighted by Gasteiger charge is -2.06. The maximum Gasteiger partial charge on any atom is 0.240 e. The fourth-order valence-corrected chi connectivity index (χ4v) is 5.00. The predicted molar refractivity (Wildman–Crippen MR) is 98.6 cm³/mol. The Morgan fingerprint density at radius 2 is 2.28 bits per heavy atom. The largest absolute Gasteiger partial charge is 0.273 e. The molecule has 0 saturated carbocycles. The molecular weight excluding hydrogens is 362 g/mol. The van der Waals surface area contributed by atoms with Crippen LogP contribution in [0.15, 0.2) is 29.4 Å². The third-order valence-corrected chi connectivity index (χ3v) is 6.36. The van der Waals surface area contributed by atoms with Crippen LogP contribution >= 0.6 is 11.6 Å². The van der Waals surface area contributed by atoms with Crippen LogP contribution in [0, 0.1) is 12.8 Å². The number of nitrogens with one attached hydrogen (secondary N) is 1. The lowest BCUT2D eigenvalue weighted by atomic mass is 10.1. The number of carbonyl (C=O) groups is 1. The van der Waals surface area contributed by atoms with Crippen molar-refractivity contribution >= 4 is 44.5 Å². The van der Waals surface area contributed by atoms with Crippen LogP contribution in [0.4, 0.5) is 0 Å². The minimum absolute atomic E-state index is 0.0733. The molecule has 2 aromatic rings. The van der Waals surface area contributed by atoms with Crippen molar-refractivity contribution in [1.82, 2.24) is 10.4 Å². The number of benzene rings is 1. The van der Waals surface area contributed by atoms with E-state index in [1.54, 1.807) is 0 Å². The van der Waals surface area contributed by atoms with E-state index in [0.29, 0.717) is 17.1 Å². The van der Waals surface area contributed by atoms with Crippen molar-refractivity contribution in [3.8, 4) is 0 Å². The van der Waals surface area contributed by atoms with Crippen LogP contribution in [-0.4, -0.2) is 37.0 Å². The summed E-state index contributed by atoms with van der Waals surface area (Å²) in [6, 6.07) is 7.69. The van der Waals surface area contributed by atoms with Crippen molar-refractivity contribution in [3.05, 3.63) is 40.5 Å². The maximum absolute atomic E-state index is 11.9. The first kappa shape index (κ1) is 17.8. The number of aromatic nitrogens is 1. The maximum atomic E-state index is 11.9. The number of amides is 1. The lowest BCUT2D eigenvalue weighted by Crippen LogP contribution is -2.21. The topological polar surface area (TPSA) is 88.5 Å². The summed E-state index contributed by atoms with van der Waals surface area (Å²) >= 11 is 6.18. The summed E-state index contributed by atoms with van der Waals surface area (Å²) in [6.45, 7) is 1.96. The molecule has 0 bridgehead atoms. The highest BCUT2D eigenvalue weighted by Crippen LogP contribution is 2.22. The third-order valence-electron chi connectivity index (χ3n) is 4.22. The Hall–Kier alpha value is -1.99. The highest BCUT2D eigenvalue weighted by molar-refractivity contribution is 7.91. The molecule has 8 heteroatoms. The van der Waals surface area contributed by atoms with Gasteiger partial charge >= 0.3 is 0 Å². The van der Waals surface area contributed by atoms with Gasteiger partial charge in [-0.25, -0.2) is 18.8 Å². The fourth-order valence-electron chi connectivity index (χ4n) is 2.95. The minimum Gasteiger partial charge on any atom is -0.273 e. The van der Waals surface area contributed by atoms with E-state index in [0.717, 1.165) is 16.5 Å². The first-order chi connectivity index (χ1) is 11.8. The highest BCUT2D eigenvalue weighted by atomic mass is 35.5. The van der Waals surface area contributed by atoms with Gasteiger partial charge in [-0.1, -0.05) is 29.8 Å². The third kappa shape index (κ3) is 4.35. The monoisotopic (exact) mass is 379 g/mol. The predicted octanol–water partition coefficient (Wildman–Crippen LogP) is 2.47. The van der Waals surface area contributed by atoms with Gasteiger partial charge in [0.15, 0.2) is 9.84 Å². The van der Waals surface area contributed by atoms with Gasteiger partial charge in [0, 0.05) is 17.4 Å². The van der Waals surface area contributed by atoms with Crippen LogP contribution in [0.2, 0.25) is 5.15 Å². The molecule has 6 nitrogen and oxygen atoms in total. The normalized spacial score (nSPS) is 19.5. The van der Waals surface area contributed by atoms with Crippen LogP contribution in [0.5, 0.6) is 0 Å². The Balaban J connectivity index is 1.65. The molecule has 0 unspecified atom stereocenters. The number of carbonyl (C=O) groups excluding carboxylic acids is 1. The number of nitrogens with zero attached hydrogens (tertiary/aromatic N) is 2. The van der Waals surface area contributed by atoms with Crippen LogP contribution in [-0.2, 0) is 14.6 Å². The average molecular weight is 380 g/mol. The fraction of sp³-hybridized carbons (Fsp3) is 0.353. The van der Waals surface area contributed by atoms with E-state index < -0.39 is 9.84 Å². The molecule has 0 spiro atoms. The zero-order valence-corrected chi connectivity index (χ0v) is 15.3. The van der Waals surface area contributed by atoms with Crippen LogP contribution in [0.3, 0.4) is 0 Å². The molecule has 25 heavy (non-hydrogen) atoms. The molecule has 3 rings (SSSR count). The van der Waals surface area contributed by atoms with Crippen LogP contribution in [0.25, 0.3) is 10.9 Å². The van der Waals surface area contributed by atoms with Gasteiger partial charge in [-0.2, -0.15) is 5.10 Å². The number of para-hydroxylation sites is 1. The highest BCUT2D eigenvalue weighted by Gasteiger charge is 2.29. The summed E-state index contributed by atoms with van der Waals surface area (Å²) in [7, 11) is -2.98. The number of pyridine rings is 1. The number of fused-ring (bicyclic) bond motifs is 1. The molecule has 1 atom stereocenters. The molecule has 1 aromatic carbocycles. The van der Waals surface area contributed by atoms with Crippen molar-refractivity contribution in [2.45, 2.75) is 19.8 Å². The molecule has 1 N–H and O–H groups in total. The van der Waals surface area contributed by atoms with Crippen molar-refractivity contribution in [2.24, 2.45) is 11.0 Å². The van der Waals surface area contributed by atoms with E-state index in [1.165, 1.54) is 6.21 Å². The first-order valence-electron chi connectivity index (χ1n) is 7.92. The summed E-state index contributed by atoms with van der Waals surface area (Å²) in [5.41, 5.74) is 4.88. The molecule has 1 fully saturated rings. The van der Waals surface area contributed by atoms with E-state index in [9.17, 15) is 13.2 Å². The Morgan fingerprint density at radius 1 is 1.48 bits per heavy atom. The standard InChI is InChI=1S/C17H18ClN3O3S/c1-11-3-2-4-13-8-14(17(18)20-16(11)13)9-19-21-15(22)7-12-5-6-25(23,24)10-12/h2-4,8-9,12H,5-7,10H2,1H3,(H,21,22)/b19-9-/t12-/m1/s1. The number of hydrazone groups is 1. The second-order valence-corrected chi connectivity index (χ2v) is 8.87. The zero-order valence-electron chi connectivity index (χ0n) is 13.7. The summed E-state index contributed by atoms with van der Waals surface area (Å²) in [5, 5.41) is 5.16. The van der Waals surface area contributed by atoms with Gasteiger partial charge < -0.3 is 0 Å². The number of sulfone groups is 1. The molecule has 1 aliphatic heterocycles. The van der Waals surface area contributed by atoms with Gasteiger partial charge in [-0.3, -0.25) is 4.79 Å². The number of rotatable bonds is 4. The Bertz CT molecular complexity index is 957. The van der Waals surface area contributed by atoms with E-state index in [4.69, 9.17) is 11.6 Å². The molecule has 132 valence electrons. The molecule has 1 saturated heterocycles. The SMILES string of the molecule is Cc1cccc2cc(/C=N\NC(=O)C[C@H]3CCS(=O)(=O)C3)c(Cl)nc12. The second kappa shape index (κ2) is 7.09. The Kier molecular flexibility index (Phi) is 5.06. The molecule has 0 radical (unpaired) electrons. The van der Waals surface area contributed by atoms with Crippen molar-refractivity contribution < 1.29 is 13.2 Å². The number of hydrogen-bond donors (Lipinski definition) is 1.